The Hall–Kier alpha value is -3.79. The van der Waals surface area contributed by atoms with Crippen LogP contribution in [0.2, 0.25) is 0 Å². The molecule has 2 aromatic carbocycles. The highest BCUT2D eigenvalue weighted by Crippen LogP contribution is 2.26. The number of nitriles is 1. The molecule has 28 heavy (non-hydrogen) atoms. The Morgan fingerprint density at radius 3 is 2.61 bits per heavy atom. The number of nitrogens with two attached hydrogens (primary N) is 1. The average molecular weight is 378 g/mol. The van der Waals surface area contributed by atoms with E-state index < -0.39 is 0 Å². The van der Waals surface area contributed by atoms with Crippen molar-refractivity contribution in [2.24, 2.45) is 5.73 Å². The molecule has 0 aliphatic rings. The van der Waals surface area contributed by atoms with Gasteiger partial charge in [-0.25, -0.2) is 0 Å². The van der Waals surface area contributed by atoms with E-state index in [4.69, 9.17) is 25.9 Å². The van der Waals surface area contributed by atoms with Crippen LogP contribution in [0.25, 0.3) is 5.57 Å². The van der Waals surface area contributed by atoms with Gasteiger partial charge in [-0.1, -0.05) is 18.2 Å². The smallest absolute Gasteiger partial charge is 0.255 e. The molecule has 0 aliphatic carbocycles. The van der Waals surface area contributed by atoms with Gasteiger partial charge in [0.25, 0.3) is 5.91 Å². The van der Waals surface area contributed by atoms with Crippen LogP contribution in [0.15, 0.2) is 48.2 Å². The van der Waals surface area contributed by atoms with Gasteiger partial charge in [0, 0.05) is 11.8 Å². The lowest BCUT2D eigenvalue weighted by molar-refractivity contribution is 0.0936. The summed E-state index contributed by atoms with van der Waals surface area (Å²) >= 11 is 0. The molecule has 4 N–H and O–H groups in total. The molecule has 2 aromatic rings. The second-order valence-corrected chi connectivity index (χ2v) is 5.97. The van der Waals surface area contributed by atoms with Crippen molar-refractivity contribution in [3.63, 3.8) is 0 Å². The summed E-state index contributed by atoms with van der Waals surface area (Å²) in [6, 6.07) is 13.8. The fraction of sp³-hybridized carbons (Fsp3) is 0.190. The quantitative estimate of drug-likeness (QED) is 0.505. The van der Waals surface area contributed by atoms with Crippen molar-refractivity contribution in [2.75, 3.05) is 14.2 Å². The highest BCUT2D eigenvalue weighted by Gasteiger charge is 2.17. The molecule has 144 valence electrons. The average Bonchev–Trinajstić information content (AvgIpc) is 2.73. The first-order valence-corrected chi connectivity index (χ1v) is 8.48. The second kappa shape index (κ2) is 9.24. The Morgan fingerprint density at radius 1 is 1.25 bits per heavy atom. The van der Waals surface area contributed by atoms with Crippen LogP contribution < -0.4 is 20.5 Å². The number of carbonyl (C=O) groups excluding carboxylic acids is 1. The first kappa shape index (κ1) is 20.5. The van der Waals surface area contributed by atoms with Crippen molar-refractivity contribution >= 4 is 17.7 Å². The van der Waals surface area contributed by atoms with Crippen molar-refractivity contribution in [2.45, 2.75) is 13.0 Å². The van der Waals surface area contributed by atoms with Gasteiger partial charge in [0.2, 0.25) is 0 Å². The number of methoxy groups -OCH3 is 2. The zero-order chi connectivity index (χ0) is 20.7. The van der Waals surface area contributed by atoms with Crippen molar-refractivity contribution in [3.8, 4) is 17.6 Å². The highest BCUT2D eigenvalue weighted by molar-refractivity contribution is 6.11. The summed E-state index contributed by atoms with van der Waals surface area (Å²) < 4.78 is 10.6. The minimum Gasteiger partial charge on any atom is -0.497 e. The molecule has 7 heteroatoms. The summed E-state index contributed by atoms with van der Waals surface area (Å²) in [4.78, 5) is 12.7. The molecule has 7 nitrogen and oxygen atoms in total. The van der Waals surface area contributed by atoms with Gasteiger partial charge in [0.1, 0.15) is 23.3 Å². The number of benzene rings is 2. The topological polar surface area (TPSA) is 121 Å². The lowest BCUT2D eigenvalue weighted by Gasteiger charge is -2.17. The first-order valence-electron chi connectivity index (χ1n) is 8.48. The van der Waals surface area contributed by atoms with Gasteiger partial charge in [-0.3, -0.25) is 4.79 Å². The summed E-state index contributed by atoms with van der Waals surface area (Å²) in [5.74, 6) is 0.715. The Labute approximate surface area is 163 Å². The van der Waals surface area contributed by atoms with Crippen LogP contribution in [0.1, 0.15) is 34.5 Å². The Kier molecular flexibility index (Phi) is 6.77. The number of allylic oxidation sites excluding steroid dienone is 2. The summed E-state index contributed by atoms with van der Waals surface area (Å²) in [5.41, 5.74) is 7.57. The lowest BCUT2D eigenvalue weighted by Crippen LogP contribution is -2.27. The fourth-order valence-corrected chi connectivity index (χ4v) is 2.69. The molecule has 0 aliphatic heterocycles. The van der Waals surface area contributed by atoms with E-state index in [1.54, 1.807) is 25.3 Å². The molecule has 0 radical (unpaired) electrons. The van der Waals surface area contributed by atoms with Crippen LogP contribution in [-0.4, -0.2) is 26.3 Å². The number of hydrogen-bond acceptors (Lipinski definition) is 6. The second-order valence-electron chi connectivity index (χ2n) is 5.97. The molecule has 2 rings (SSSR count). The van der Waals surface area contributed by atoms with Crippen LogP contribution in [0, 0.1) is 16.7 Å². The van der Waals surface area contributed by atoms with Gasteiger partial charge < -0.3 is 25.9 Å². The van der Waals surface area contributed by atoms with Crippen LogP contribution in [-0.2, 0) is 0 Å². The van der Waals surface area contributed by atoms with Gasteiger partial charge in [-0.05, 0) is 42.3 Å². The SMILES string of the molecule is COc1cccc([C@@H](C)NC(=O)c2ccc(C(C=N)=C(N)C#N)cc2OC)c1. The molecule has 0 heterocycles. The van der Waals surface area contributed by atoms with Gasteiger partial charge >= 0.3 is 0 Å². The van der Waals surface area contributed by atoms with Crippen molar-refractivity contribution in [3.05, 3.63) is 64.9 Å². The number of carbonyl (C=O) groups is 1. The zero-order valence-electron chi connectivity index (χ0n) is 15.9. The van der Waals surface area contributed by atoms with Crippen LogP contribution in [0.4, 0.5) is 0 Å². The normalized spacial score (nSPS) is 12.2. The maximum atomic E-state index is 12.7. The molecule has 0 unspecified atom stereocenters. The van der Waals surface area contributed by atoms with Gasteiger partial charge in [-0.2, -0.15) is 5.26 Å². The molecule has 1 atom stereocenters. The first-order chi connectivity index (χ1) is 13.4. The molecule has 0 saturated carbocycles. The molecule has 0 spiro atoms. The molecule has 0 saturated heterocycles. The molecule has 0 aromatic heterocycles. The summed E-state index contributed by atoms with van der Waals surface area (Å²) in [5, 5.41) is 19.4. The fourth-order valence-electron chi connectivity index (χ4n) is 2.69. The molecular formula is C21H22N4O3. The van der Waals surface area contributed by atoms with Crippen LogP contribution in [0.3, 0.4) is 0 Å². The third-order valence-electron chi connectivity index (χ3n) is 4.25. The van der Waals surface area contributed by atoms with Crippen molar-refractivity contribution < 1.29 is 14.3 Å². The largest absolute Gasteiger partial charge is 0.497 e. The van der Waals surface area contributed by atoms with Crippen LogP contribution >= 0.6 is 0 Å². The number of nitrogens with one attached hydrogen (secondary N) is 2. The number of rotatable bonds is 7. The predicted octanol–water partition coefficient (Wildman–Crippen LogP) is 3.04. The van der Waals surface area contributed by atoms with Crippen LogP contribution in [0.5, 0.6) is 11.5 Å². The third-order valence-corrected chi connectivity index (χ3v) is 4.25. The molecular weight excluding hydrogens is 356 g/mol. The van der Waals surface area contributed by atoms with E-state index in [1.807, 2.05) is 37.3 Å². The van der Waals surface area contributed by atoms with Crippen molar-refractivity contribution in [1.29, 1.82) is 10.7 Å². The Bertz CT molecular complexity index is 960. The predicted molar refractivity (Wildman–Crippen MR) is 107 cm³/mol. The summed E-state index contributed by atoms with van der Waals surface area (Å²) in [7, 11) is 3.04. The third kappa shape index (κ3) is 4.48. The maximum absolute atomic E-state index is 12.7. The van der Waals surface area contributed by atoms with E-state index in [0.717, 1.165) is 11.8 Å². The number of ether oxygens (including phenoxy) is 2. The van der Waals surface area contributed by atoms with E-state index >= 15 is 0 Å². The number of amides is 1. The van der Waals surface area contributed by atoms with Gasteiger partial charge in [0.15, 0.2) is 0 Å². The zero-order valence-corrected chi connectivity index (χ0v) is 15.9. The van der Waals surface area contributed by atoms with Gasteiger partial charge in [-0.15, -0.1) is 0 Å². The van der Waals surface area contributed by atoms with E-state index in [2.05, 4.69) is 5.32 Å². The van der Waals surface area contributed by atoms with Crippen molar-refractivity contribution in [1.82, 2.24) is 5.32 Å². The van der Waals surface area contributed by atoms with E-state index in [-0.39, 0.29) is 23.2 Å². The molecule has 1 amide bonds. The number of hydrogen-bond donors (Lipinski definition) is 3. The van der Waals surface area contributed by atoms with E-state index in [0.29, 0.717) is 22.6 Å². The Morgan fingerprint density at radius 2 is 2.00 bits per heavy atom. The minimum atomic E-state index is -0.313. The lowest BCUT2D eigenvalue weighted by atomic mass is 10.0. The highest BCUT2D eigenvalue weighted by atomic mass is 16.5. The Balaban J connectivity index is 2.30. The monoisotopic (exact) mass is 378 g/mol. The molecule has 0 fully saturated rings. The molecule has 0 bridgehead atoms. The van der Waals surface area contributed by atoms with Gasteiger partial charge in [0.05, 0.1) is 25.8 Å². The van der Waals surface area contributed by atoms with E-state index in [1.165, 1.54) is 7.11 Å². The maximum Gasteiger partial charge on any atom is 0.255 e. The van der Waals surface area contributed by atoms with E-state index in [9.17, 15) is 4.79 Å². The summed E-state index contributed by atoms with van der Waals surface area (Å²) in [6.45, 7) is 1.87. The number of nitrogens with zero attached hydrogens (tertiary/aromatic N) is 1. The summed E-state index contributed by atoms with van der Waals surface area (Å²) in [6.07, 6.45) is 0.998. The standard InChI is InChI=1S/C21H22N4O3/c1-13(14-5-4-6-16(9-14)27-2)25-21(26)17-8-7-15(10-20(17)28-3)18(11-22)19(24)12-23/h4-11,13,22H,24H2,1-3H3,(H,25,26)/t13-/m1/s1. The minimum absolute atomic E-state index is 0.0825.